The molecule has 0 saturated heterocycles. The number of hydrogen-bond donors (Lipinski definition) is 0. The average molecular weight is 672 g/mol. The van der Waals surface area contributed by atoms with E-state index in [0.29, 0.717) is 52.6 Å². The van der Waals surface area contributed by atoms with E-state index in [-0.39, 0.29) is 17.7 Å². The molecule has 1 atom stereocenters. The molecule has 5 rings (SSSR count). The molecule has 10 nitrogen and oxygen atoms in total. The molecule has 0 spiro atoms. The number of carbonyl (C=O) groups is 1. The van der Waals surface area contributed by atoms with Crippen LogP contribution in [0.4, 0.5) is 0 Å². The molecule has 0 bridgehead atoms. The molecule has 42 heavy (non-hydrogen) atoms. The van der Waals surface area contributed by atoms with Gasteiger partial charge in [-0.15, -0.1) is 0 Å². The Kier molecular flexibility index (Phi) is 8.71. The zero-order valence-corrected chi connectivity index (χ0v) is 26.9. The van der Waals surface area contributed by atoms with Crippen molar-refractivity contribution < 1.29 is 23.4 Å². The third-order valence-corrected chi connectivity index (χ3v) is 8.80. The molecule has 218 valence electrons. The van der Waals surface area contributed by atoms with Crippen molar-refractivity contribution in [3.8, 4) is 11.5 Å². The number of furan rings is 1. The summed E-state index contributed by atoms with van der Waals surface area (Å²) in [6.45, 7) is 7.46. The fourth-order valence-electron chi connectivity index (χ4n) is 4.59. The number of methoxy groups -OCH3 is 2. The van der Waals surface area contributed by atoms with Crippen LogP contribution in [0.2, 0.25) is 0 Å². The number of halogens is 1. The largest absolute Gasteiger partial charge is 0.493 e. The van der Waals surface area contributed by atoms with Crippen LogP contribution >= 0.6 is 39.0 Å². The van der Waals surface area contributed by atoms with Crippen molar-refractivity contribution >= 4 is 51.1 Å². The normalized spacial score (nSPS) is 14.9. The predicted molar refractivity (Wildman–Crippen MR) is 162 cm³/mol. The molecule has 1 aromatic carbocycles. The van der Waals surface area contributed by atoms with Gasteiger partial charge < -0.3 is 18.6 Å². The summed E-state index contributed by atoms with van der Waals surface area (Å²) in [5.41, 5.74) is 2.73. The van der Waals surface area contributed by atoms with Crippen LogP contribution in [0.3, 0.4) is 0 Å². The summed E-state index contributed by atoms with van der Waals surface area (Å²) in [7, 11) is 3.06. The Hall–Kier alpha value is -3.68. The number of benzene rings is 1. The third kappa shape index (κ3) is 5.81. The maximum atomic E-state index is 14.0. The highest BCUT2D eigenvalue weighted by atomic mass is 79.9. The minimum atomic E-state index is -0.832. The van der Waals surface area contributed by atoms with Gasteiger partial charge >= 0.3 is 5.97 Å². The van der Waals surface area contributed by atoms with E-state index >= 15 is 0 Å². The number of fused-ring (bicyclic) bond motifs is 1. The second-order valence-electron chi connectivity index (χ2n) is 9.22. The van der Waals surface area contributed by atoms with Crippen LogP contribution in [-0.2, 0) is 9.53 Å². The number of carbonyl (C=O) groups excluding carboxylic acids is 1. The number of allylic oxidation sites excluding steroid dienone is 1. The van der Waals surface area contributed by atoms with Crippen LogP contribution in [0.25, 0.3) is 6.08 Å². The molecule has 0 radical (unpaired) electrons. The zero-order chi connectivity index (χ0) is 30.1. The summed E-state index contributed by atoms with van der Waals surface area (Å²) in [5, 5.41) is 1.17. The van der Waals surface area contributed by atoms with Crippen molar-refractivity contribution in [1.29, 1.82) is 0 Å². The number of rotatable bonds is 8. The van der Waals surface area contributed by atoms with Crippen molar-refractivity contribution in [1.82, 2.24) is 14.5 Å². The van der Waals surface area contributed by atoms with Crippen molar-refractivity contribution in [2.75, 3.05) is 20.8 Å². The maximum absolute atomic E-state index is 14.0. The van der Waals surface area contributed by atoms with Crippen LogP contribution in [0.1, 0.15) is 42.6 Å². The highest BCUT2D eigenvalue weighted by Gasteiger charge is 2.35. The first kappa shape index (κ1) is 29.8. The van der Waals surface area contributed by atoms with E-state index in [1.807, 2.05) is 19.9 Å². The third-order valence-electron chi connectivity index (χ3n) is 6.34. The number of aryl methyl sites for hydroxylation is 2. The summed E-state index contributed by atoms with van der Waals surface area (Å²) in [4.78, 5) is 41.2. The fraction of sp³-hybridized carbons (Fsp3) is 0.276. The van der Waals surface area contributed by atoms with Gasteiger partial charge in [0.2, 0.25) is 0 Å². The van der Waals surface area contributed by atoms with Crippen molar-refractivity contribution in [2.45, 2.75) is 44.0 Å². The summed E-state index contributed by atoms with van der Waals surface area (Å²) in [6, 6.07) is 8.14. The van der Waals surface area contributed by atoms with Gasteiger partial charge in [0.25, 0.3) is 5.56 Å². The quantitative estimate of drug-likeness (QED) is 0.194. The monoisotopic (exact) mass is 670 g/mol. The highest BCUT2D eigenvalue weighted by Crippen LogP contribution is 2.40. The fourth-order valence-corrected chi connectivity index (χ4v) is 6.99. The van der Waals surface area contributed by atoms with E-state index in [1.165, 1.54) is 41.9 Å². The number of esters is 1. The summed E-state index contributed by atoms with van der Waals surface area (Å²) >= 11 is 6.12. The Morgan fingerprint density at radius 2 is 1.81 bits per heavy atom. The Morgan fingerprint density at radius 1 is 1.12 bits per heavy atom. The van der Waals surface area contributed by atoms with Gasteiger partial charge in [0.15, 0.2) is 26.5 Å². The van der Waals surface area contributed by atoms with E-state index in [1.54, 1.807) is 44.2 Å². The van der Waals surface area contributed by atoms with Crippen molar-refractivity contribution in [3.05, 3.63) is 88.5 Å². The second-order valence-corrected chi connectivity index (χ2v) is 12.1. The molecule has 0 N–H and O–H groups in total. The van der Waals surface area contributed by atoms with Crippen LogP contribution < -0.4 is 24.4 Å². The standard InChI is InChI=1S/C29H27BrN4O6S2/c1-7-39-27(36)24-16(4)33-29-34(25(24)18-12-20(37-5)21(38-6)13-19(18)30)26(35)22(41-29)11-17-8-9-23(40-17)42-28-31-14(2)10-15(3)32-28/h8-13,25H,7H2,1-6H3/b22-11+/t25-/m1/s1. The van der Waals surface area contributed by atoms with Crippen LogP contribution in [0.5, 0.6) is 11.5 Å². The maximum Gasteiger partial charge on any atom is 0.338 e. The lowest BCUT2D eigenvalue weighted by Crippen LogP contribution is -2.40. The van der Waals surface area contributed by atoms with Gasteiger partial charge in [-0.05, 0) is 75.4 Å². The van der Waals surface area contributed by atoms with Gasteiger partial charge in [0.1, 0.15) is 5.76 Å². The first-order valence-corrected chi connectivity index (χ1v) is 15.3. The second kappa shape index (κ2) is 12.3. The van der Waals surface area contributed by atoms with Gasteiger partial charge in [0.05, 0.1) is 42.7 Å². The molecule has 0 fully saturated rings. The molecule has 0 saturated carbocycles. The first-order valence-electron chi connectivity index (χ1n) is 12.8. The van der Waals surface area contributed by atoms with Gasteiger partial charge in [-0.25, -0.2) is 19.8 Å². The molecule has 13 heteroatoms. The number of ether oxygens (including phenoxy) is 3. The van der Waals surface area contributed by atoms with Gasteiger partial charge in [-0.1, -0.05) is 27.3 Å². The molecule has 0 unspecified atom stereocenters. The smallest absolute Gasteiger partial charge is 0.338 e. The number of hydrogen-bond acceptors (Lipinski definition) is 11. The lowest BCUT2D eigenvalue weighted by Gasteiger charge is -2.26. The molecule has 4 heterocycles. The lowest BCUT2D eigenvalue weighted by molar-refractivity contribution is -0.139. The Balaban J connectivity index is 1.62. The molecule has 0 amide bonds. The molecule has 1 aliphatic rings. The lowest BCUT2D eigenvalue weighted by atomic mass is 9.95. The Labute approximate surface area is 257 Å². The number of nitrogens with zero attached hydrogens (tertiary/aromatic N) is 4. The average Bonchev–Trinajstić information content (AvgIpc) is 3.50. The van der Waals surface area contributed by atoms with Crippen LogP contribution in [0, 0.1) is 13.8 Å². The minimum Gasteiger partial charge on any atom is -0.493 e. The molecule has 4 aromatic rings. The summed E-state index contributed by atoms with van der Waals surface area (Å²) in [5.74, 6) is 0.874. The van der Waals surface area contributed by atoms with Crippen LogP contribution in [0.15, 0.2) is 70.5 Å². The van der Waals surface area contributed by atoms with Gasteiger partial charge in [0, 0.05) is 21.9 Å². The van der Waals surface area contributed by atoms with E-state index in [0.717, 1.165) is 11.4 Å². The SMILES string of the molecule is CCOC(=O)C1=C(C)N=c2s/c(=C/c3ccc(Sc4nc(C)cc(C)n4)o3)c(=O)n2[C@@H]1c1cc(OC)c(OC)cc1Br. The minimum absolute atomic E-state index is 0.172. The zero-order valence-electron chi connectivity index (χ0n) is 23.7. The van der Waals surface area contributed by atoms with Gasteiger partial charge in [-0.2, -0.15) is 0 Å². The Morgan fingerprint density at radius 3 is 2.48 bits per heavy atom. The van der Waals surface area contributed by atoms with Crippen molar-refractivity contribution in [3.63, 3.8) is 0 Å². The molecular formula is C29H27BrN4O6S2. The van der Waals surface area contributed by atoms with Crippen LogP contribution in [-0.4, -0.2) is 41.3 Å². The topological polar surface area (TPSA) is 118 Å². The first-order chi connectivity index (χ1) is 20.1. The summed E-state index contributed by atoms with van der Waals surface area (Å²) < 4.78 is 24.9. The molecule has 3 aromatic heterocycles. The Bertz CT molecular complexity index is 1890. The van der Waals surface area contributed by atoms with E-state index in [2.05, 4.69) is 30.9 Å². The van der Waals surface area contributed by atoms with E-state index in [9.17, 15) is 9.59 Å². The van der Waals surface area contributed by atoms with Crippen molar-refractivity contribution in [2.24, 2.45) is 4.99 Å². The number of aromatic nitrogens is 3. The highest BCUT2D eigenvalue weighted by molar-refractivity contribution is 9.10. The van der Waals surface area contributed by atoms with Gasteiger partial charge in [-0.3, -0.25) is 9.36 Å². The number of thiazole rings is 1. The van der Waals surface area contributed by atoms with E-state index < -0.39 is 12.0 Å². The molecular weight excluding hydrogens is 644 g/mol. The molecule has 0 aliphatic carbocycles. The predicted octanol–water partition coefficient (Wildman–Crippen LogP) is 4.73. The molecule has 1 aliphatic heterocycles. The van der Waals surface area contributed by atoms with E-state index in [4.69, 9.17) is 18.6 Å². The summed E-state index contributed by atoms with van der Waals surface area (Å²) in [6.07, 6.45) is 1.67.